The smallest absolute Gasteiger partial charge is 0.231 e. The summed E-state index contributed by atoms with van der Waals surface area (Å²) in [5, 5.41) is 28.7. The van der Waals surface area contributed by atoms with Crippen molar-refractivity contribution in [3.8, 4) is 23.0 Å². The molecule has 4 bridgehead atoms. The molecule has 4 heterocycles. The number of piperidine rings is 2. The summed E-state index contributed by atoms with van der Waals surface area (Å²) in [6.45, 7) is 7.43. The summed E-state index contributed by atoms with van der Waals surface area (Å²) in [7, 11) is 2.67. The molecule has 2 aromatic carbocycles. The molecular formula is C40H46N4O8S2. The van der Waals surface area contributed by atoms with Gasteiger partial charge in [0.15, 0.2) is 46.8 Å². The van der Waals surface area contributed by atoms with Gasteiger partial charge < -0.3 is 30.3 Å². The molecule has 10 rings (SSSR count). The van der Waals surface area contributed by atoms with Gasteiger partial charge in [0.25, 0.3) is 0 Å². The number of likely N-dealkylation sites (tertiary alicyclic amines) is 2. The number of phenols is 2. The van der Waals surface area contributed by atoms with Crippen LogP contribution in [-0.2, 0) is 42.8 Å². The van der Waals surface area contributed by atoms with Gasteiger partial charge >= 0.3 is 0 Å². The first-order valence-corrected chi connectivity index (χ1v) is 22.0. The number of aromatic hydroxyl groups is 2. The quantitative estimate of drug-likeness (QED) is 0.219. The van der Waals surface area contributed by atoms with Gasteiger partial charge in [0.2, 0.25) is 11.8 Å². The molecule has 286 valence electrons. The van der Waals surface area contributed by atoms with Gasteiger partial charge in [-0.05, 0) is 88.0 Å². The summed E-state index contributed by atoms with van der Waals surface area (Å²) < 4.78 is 12.7. The Morgan fingerprint density at radius 2 is 1.15 bits per heavy atom. The van der Waals surface area contributed by atoms with Crippen molar-refractivity contribution in [2.45, 2.75) is 111 Å². The minimum atomic E-state index is -0.755. The molecule has 2 saturated heterocycles. The third kappa shape index (κ3) is 4.20. The van der Waals surface area contributed by atoms with Crippen molar-refractivity contribution in [3.05, 3.63) is 46.5 Å². The highest BCUT2D eigenvalue weighted by Crippen LogP contribution is 2.66. The zero-order valence-corrected chi connectivity index (χ0v) is 32.2. The van der Waals surface area contributed by atoms with E-state index in [-0.39, 0.29) is 71.3 Å². The van der Waals surface area contributed by atoms with Crippen molar-refractivity contribution >= 4 is 45.0 Å². The average molecular weight is 775 g/mol. The molecule has 4 aliphatic carbocycles. The fourth-order valence-corrected chi connectivity index (χ4v) is 14.6. The molecule has 0 radical (unpaired) electrons. The number of nitrogens with one attached hydrogen (secondary N) is 2. The van der Waals surface area contributed by atoms with Crippen LogP contribution in [0.15, 0.2) is 24.3 Å². The van der Waals surface area contributed by atoms with E-state index in [9.17, 15) is 29.4 Å². The van der Waals surface area contributed by atoms with Crippen LogP contribution in [0, 0.1) is 0 Å². The number of nitrogens with zero attached hydrogens (tertiary/aromatic N) is 2. The number of ketones is 2. The van der Waals surface area contributed by atoms with Crippen LogP contribution in [0.1, 0.15) is 74.6 Å². The van der Waals surface area contributed by atoms with E-state index >= 15 is 0 Å². The lowest BCUT2D eigenvalue weighted by molar-refractivity contribution is -0.149. The summed E-state index contributed by atoms with van der Waals surface area (Å²) >= 11 is 0. The van der Waals surface area contributed by atoms with Crippen LogP contribution in [0.4, 0.5) is 0 Å². The second-order valence-electron chi connectivity index (χ2n) is 16.5. The Labute approximate surface area is 321 Å². The number of likely N-dealkylation sites (N-methyl/N-ethyl adjacent to an activating group) is 2. The second kappa shape index (κ2) is 12.0. The van der Waals surface area contributed by atoms with E-state index in [1.807, 2.05) is 12.1 Å². The number of phenolic OH excluding ortho intramolecular Hbond substituents is 2. The summed E-state index contributed by atoms with van der Waals surface area (Å²) in [6, 6.07) is 7.15. The van der Waals surface area contributed by atoms with Crippen molar-refractivity contribution in [1.82, 2.24) is 20.4 Å². The molecule has 4 aliphatic heterocycles. The van der Waals surface area contributed by atoms with Crippen molar-refractivity contribution in [2.24, 2.45) is 0 Å². The van der Waals surface area contributed by atoms with Crippen LogP contribution in [-0.4, -0.2) is 116 Å². The molecule has 12 nitrogen and oxygen atoms in total. The number of carbonyl (C=O) groups is 4. The first-order chi connectivity index (χ1) is 26.0. The largest absolute Gasteiger partial charge is 0.504 e. The Hall–Kier alpha value is -3.46. The van der Waals surface area contributed by atoms with Crippen LogP contribution >= 0.6 is 21.6 Å². The Morgan fingerprint density at radius 3 is 1.56 bits per heavy atom. The summed E-state index contributed by atoms with van der Waals surface area (Å²) in [6.07, 6.45) is 2.73. The normalized spacial score (nSPS) is 36.5. The van der Waals surface area contributed by atoms with Gasteiger partial charge in [-0.25, -0.2) is 0 Å². The Bertz CT molecular complexity index is 1890. The highest BCUT2D eigenvalue weighted by atomic mass is 33.1. The molecule has 4 fully saturated rings. The lowest BCUT2D eigenvalue weighted by Crippen LogP contribution is -2.82. The van der Waals surface area contributed by atoms with Gasteiger partial charge in [-0.15, -0.1) is 0 Å². The number of benzene rings is 2. The molecular weight excluding hydrogens is 729 g/mol. The first-order valence-electron chi connectivity index (χ1n) is 19.5. The van der Waals surface area contributed by atoms with Crippen LogP contribution in [0.25, 0.3) is 0 Å². The number of hydrogen-bond donors (Lipinski definition) is 4. The van der Waals surface area contributed by atoms with Gasteiger partial charge in [0.05, 0.1) is 33.4 Å². The Morgan fingerprint density at radius 1 is 0.722 bits per heavy atom. The van der Waals surface area contributed by atoms with E-state index in [1.54, 1.807) is 12.1 Å². The number of amides is 2. The fraction of sp³-hybridized carbons (Fsp3) is 0.600. The van der Waals surface area contributed by atoms with Crippen LogP contribution in [0.2, 0.25) is 0 Å². The van der Waals surface area contributed by atoms with Gasteiger partial charge in [-0.3, -0.25) is 29.0 Å². The summed E-state index contributed by atoms with van der Waals surface area (Å²) in [5.74, 6) is 0.809. The highest BCUT2D eigenvalue weighted by molar-refractivity contribution is 8.77. The van der Waals surface area contributed by atoms with E-state index < -0.39 is 34.1 Å². The number of hydrogen-bond acceptors (Lipinski definition) is 12. The predicted octanol–water partition coefficient (Wildman–Crippen LogP) is 2.91. The Kier molecular flexibility index (Phi) is 7.79. The molecule has 2 saturated carbocycles. The number of Topliss-reactive ketones (excluding diaryl/α,β-unsaturated/α-hetero) is 2. The van der Waals surface area contributed by atoms with Gasteiger partial charge in [-0.2, -0.15) is 0 Å². The van der Waals surface area contributed by atoms with Crippen molar-refractivity contribution < 1.29 is 38.9 Å². The fourth-order valence-electron chi connectivity index (χ4n) is 12.9. The number of ether oxygens (including phenoxy) is 2. The minimum Gasteiger partial charge on any atom is -0.504 e. The van der Waals surface area contributed by atoms with Crippen LogP contribution in [0.5, 0.6) is 23.0 Å². The number of carbonyl (C=O) groups excluding carboxylic acids is 4. The van der Waals surface area contributed by atoms with E-state index in [2.05, 4.69) is 34.3 Å². The maximum absolute atomic E-state index is 14.0. The van der Waals surface area contributed by atoms with Crippen LogP contribution < -0.4 is 20.1 Å². The molecule has 2 spiro atoms. The van der Waals surface area contributed by atoms with Crippen molar-refractivity contribution in [3.63, 3.8) is 0 Å². The van der Waals surface area contributed by atoms with Crippen molar-refractivity contribution in [2.75, 3.05) is 37.7 Å². The molecule has 14 heteroatoms. The van der Waals surface area contributed by atoms with Gasteiger partial charge in [0.1, 0.15) is 0 Å². The maximum Gasteiger partial charge on any atom is 0.231 e. The van der Waals surface area contributed by atoms with E-state index in [1.165, 1.54) is 21.6 Å². The standard InChI is InChI=1S/C40H46N4O8S2/c1-3-43-15-13-37-31-21-5-7-23(45)33(31)51-35(37)25(47)9-11-39(37,27(43)17-21)41-29(49)19-53-54-20-30(50)42-40-12-10-26(48)36-38(40)14-16-44(4-2)28(40)18-22-6-8-24(46)34(52-36)32(22)38/h5-8,27-28,35-36,45-46H,3-4,9-20H2,1-2H3,(H,41,49)(H,42,50)/t27-,28-,35+,36+,37?,38?,39-,40-/m1/s1. The molecule has 2 unspecified atom stereocenters. The van der Waals surface area contributed by atoms with E-state index in [4.69, 9.17) is 9.47 Å². The zero-order chi connectivity index (χ0) is 37.4. The third-order valence-electron chi connectivity index (χ3n) is 14.8. The average Bonchev–Trinajstić information content (AvgIpc) is 3.70. The SMILES string of the molecule is CCN1CCC23c4c5ccc(O)c4O[C@H]2C(=O)CC[C@@]3(NC(=O)CSSCC(=O)N[C@@]23CCC(=O)[C@@H]4Oc6c(O)ccc7c6C42CCN(CC)[C@@H]3C7)[C@H]1C5. The molecule has 2 aromatic rings. The molecule has 0 aromatic heterocycles. The van der Waals surface area contributed by atoms with Crippen molar-refractivity contribution in [1.29, 1.82) is 0 Å². The lowest BCUT2D eigenvalue weighted by Gasteiger charge is -2.65. The lowest BCUT2D eigenvalue weighted by atomic mass is 9.47. The van der Waals surface area contributed by atoms with E-state index in [0.717, 1.165) is 48.4 Å². The zero-order valence-electron chi connectivity index (χ0n) is 30.6. The molecule has 54 heavy (non-hydrogen) atoms. The van der Waals surface area contributed by atoms with Gasteiger partial charge in [0, 0.05) is 36.1 Å². The predicted molar refractivity (Wildman–Crippen MR) is 202 cm³/mol. The second-order valence-corrected chi connectivity index (χ2v) is 19.0. The topological polar surface area (TPSA) is 158 Å². The molecule has 8 aliphatic rings. The first kappa shape index (κ1) is 35.0. The highest BCUT2D eigenvalue weighted by Gasteiger charge is 2.75. The van der Waals surface area contributed by atoms with Gasteiger partial charge in [-0.1, -0.05) is 47.6 Å². The maximum atomic E-state index is 14.0. The third-order valence-corrected chi connectivity index (χ3v) is 17.0. The molecule has 4 N–H and O–H groups in total. The molecule has 2 amide bonds. The molecule has 8 atom stereocenters. The Balaban J connectivity index is 0.874. The summed E-state index contributed by atoms with van der Waals surface area (Å²) in [4.78, 5) is 59.9. The van der Waals surface area contributed by atoms with Crippen LogP contribution in [0.3, 0.4) is 0 Å². The number of rotatable bonds is 9. The monoisotopic (exact) mass is 774 g/mol. The minimum absolute atomic E-state index is 0.0143. The summed E-state index contributed by atoms with van der Waals surface area (Å²) in [5.41, 5.74) is 0.937. The van der Waals surface area contributed by atoms with E-state index in [0.29, 0.717) is 50.0 Å².